The van der Waals surface area contributed by atoms with Gasteiger partial charge < -0.3 is 5.73 Å². The van der Waals surface area contributed by atoms with Gasteiger partial charge in [-0.2, -0.15) is 0 Å². The van der Waals surface area contributed by atoms with Gasteiger partial charge in [0.25, 0.3) is 0 Å². The van der Waals surface area contributed by atoms with Crippen molar-refractivity contribution in [1.29, 1.82) is 0 Å². The lowest BCUT2D eigenvalue weighted by atomic mass is 10.1. The number of primary amides is 1. The Morgan fingerprint density at radius 3 is 1.90 bits per heavy atom. The molecule has 0 aliphatic carbocycles. The fourth-order valence-electron chi connectivity index (χ4n) is 0.900. The molecule has 0 unspecified atom stereocenters. The predicted molar refractivity (Wildman–Crippen MR) is 42.5 cm³/mol. The third-order valence-electron chi connectivity index (χ3n) is 1.70. The highest BCUT2D eigenvalue weighted by atomic mass is 16.1. The van der Waals surface area contributed by atoms with Crippen LogP contribution in [-0.4, -0.2) is 5.91 Å². The highest BCUT2D eigenvalue weighted by Gasteiger charge is 2.03. The SMILES string of the molecule is CC/C(C)=C(/CC)C(N)=O. The van der Waals surface area contributed by atoms with Crippen molar-refractivity contribution in [2.45, 2.75) is 33.6 Å². The maximum absolute atomic E-state index is 10.7. The summed E-state index contributed by atoms with van der Waals surface area (Å²) in [6, 6.07) is 0. The summed E-state index contributed by atoms with van der Waals surface area (Å²) in [5.74, 6) is -0.276. The van der Waals surface area contributed by atoms with E-state index in [1.165, 1.54) is 0 Å². The summed E-state index contributed by atoms with van der Waals surface area (Å²) in [4.78, 5) is 10.7. The van der Waals surface area contributed by atoms with E-state index in [4.69, 9.17) is 5.73 Å². The van der Waals surface area contributed by atoms with Crippen molar-refractivity contribution in [1.82, 2.24) is 0 Å². The molecular weight excluding hydrogens is 126 g/mol. The summed E-state index contributed by atoms with van der Waals surface area (Å²) in [6.45, 7) is 5.91. The van der Waals surface area contributed by atoms with E-state index >= 15 is 0 Å². The number of allylic oxidation sites excluding steroid dienone is 1. The zero-order valence-corrected chi connectivity index (χ0v) is 6.90. The van der Waals surface area contributed by atoms with Crippen LogP contribution in [0.5, 0.6) is 0 Å². The lowest BCUT2D eigenvalue weighted by molar-refractivity contribution is -0.114. The van der Waals surface area contributed by atoms with Crippen LogP contribution in [0.1, 0.15) is 33.6 Å². The number of hydrogen-bond donors (Lipinski definition) is 1. The minimum Gasteiger partial charge on any atom is -0.366 e. The molecule has 0 aromatic carbocycles. The Morgan fingerprint density at radius 1 is 1.30 bits per heavy atom. The number of rotatable bonds is 3. The minimum atomic E-state index is -0.276. The van der Waals surface area contributed by atoms with Gasteiger partial charge in [0, 0.05) is 5.57 Å². The zero-order chi connectivity index (χ0) is 8.15. The number of nitrogens with two attached hydrogens (primary N) is 1. The van der Waals surface area contributed by atoms with Crippen molar-refractivity contribution in [3.05, 3.63) is 11.1 Å². The van der Waals surface area contributed by atoms with Crippen molar-refractivity contribution in [2.24, 2.45) is 5.73 Å². The van der Waals surface area contributed by atoms with E-state index in [2.05, 4.69) is 0 Å². The van der Waals surface area contributed by atoms with Crippen LogP contribution in [0.15, 0.2) is 11.1 Å². The van der Waals surface area contributed by atoms with Crippen LogP contribution in [0.4, 0.5) is 0 Å². The van der Waals surface area contributed by atoms with Crippen LogP contribution in [-0.2, 0) is 4.79 Å². The Bertz CT molecular complexity index is 159. The summed E-state index contributed by atoms with van der Waals surface area (Å²) in [7, 11) is 0. The second kappa shape index (κ2) is 4.09. The third kappa shape index (κ3) is 2.21. The van der Waals surface area contributed by atoms with Gasteiger partial charge in [-0.3, -0.25) is 4.79 Å². The van der Waals surface area contributed by atoms with Crippen LogP contribution in [0.2, 0.25) is 0 Å². The first-order chi connectivity index (χ1) is 4.63. The van der Waals surface area contributed by atoms with Crippen molar-refractivity contribution >= 4 is 5.91 Å². The van der Waals surface area contributed by atoms with Gasteiger partial charge in [0.2, 0.25) is 5.91 Å². The first-order valence-corrected chi connectivity index (χ1v) is 3.61. The summed E-state index contributed by atoms with van der Waals surface area (Å²) in [5, 5.41) is 0. The maximum Gasteiger partial charge on any atom is 0.244 e. The van der Waals surface area contributed by atoms with Crippen molar-refractivity contribution in [3.63, 3.8) is 0 Å². The van der Waals surface area contributed by atoms with Gasteiger partial charge in [0.15, 0.2) is 0 Å². The molecule has 2 nitrogen and oxygen atoms in total. The third-order valence-corrected chi connectivity index (χ3v) is 1.70. The molecule has 0 saturated heterocycles. The highest BCUT2D eigenvalue weighted by molar-refractivity contribution is 5.92. The molecule has 0 aromatic rings. The Kier molecular flexibility index (Phi) is 3.77. The Balaban J connectivity index is 4.45. The summed E-state index contributed by atoms with van der Waals surface area (Å²) in [6.07, 6.45) is 1.65. The average molecular weight is 141 g/mol. The second-order valence-corrected chi connectivity index (χ2v) is 2.33. The molecule has 0 aliphatic rings. The lowest BCUT2D eigenvalue weighted by Crippen LogP contribution is -2.14. The van der Waals surface area contributed by atoms with Crippen LogP contribution < -0.4 is 5.73 Å². The van der Waals surface area contributed by atoms with E-state index in [-0.39, 0.29) is 5.91 Å². The number of carbonyl (C=O) groups is 1. The molecule has 0 radical (unpaired) electrons. The standard InChI is InChI=1S/C8H15NO/c1-4-6(3)7(5-2)8(9)10/h4-5H2,1-3H3,(H2,9,10)/b7-6-. The Labute approximate surface area is 62.1 Å². The van der Waals surface area contributed by atoms with Gasteiger partial charge in [-0.25, -0.2) is 0 Å². The van der Waals surface area contributed by atoms with Gasteiger partial charge in [-0.05, 0) is 19.8 Å². The molecule has 58 valence electrons. The lowest BCUT2D eigenvalue weighted by Gasteiger charge is -2.02. The zero-order valence-electron chi connectivity index (χ0n) is 6.90. The highest BCUT2D eigenvalue weighted by Crippen LogP contribution is 2.10. The molecule has 0 heterocycles. The first kappa shape index (κ1) is 9.21. The normalized spacial score (nSPS) is 12.7. The molecule has 0 fully saturated rings. The minimum absolute atomic E-state index is 0.276. The van der Waals surface area contributed by atoms with E-state index in [1.54, 1.807) is 0 Å². The van der Waals surface area contributed by atoms with Crippen LogP contribution in [0.3, 0.4) is 0 Å². The van der Waals surface area contributed by atoms with Crippen LogP contribution in [0.25, 0.3) is 0 Å². The molecule has 1 amide bonds. The first-order valence-electron chi connectivity index (χ1n) is 3.61. The second-order valence-electron chi connectivity index (χ2n) is 2.33. The molecular formula is C8H15NO. The fourth-order valence-corrected chi connectivity index (χ4v) is 0.900. The molecule has 0 saturated carbocycles. The molecule has 0 aromatic heterocycles. The number of carbonyl (C=O) groups excluding carboxylic acids is 1. The fraction of sp³-hybridized carbons (Fsp3) is 0.625. The van der Waals surface area contributed by atoms with Gasteiger partial charge in [0.1, 0.15) is 0 Å². The molecule has 0 atom stereocenters. The molecule has 0 spiro atoms. The number of hydrogen-bond acceptors (Lipinski definition) is 1. The molecule has 0 aliphatic heterocycles. The van der Waals surface area contributed by atoms with Crippen molar-refractivity contribution in [2.75, 3.05) is 0 Å². The Morgan fingerprint density at radius 2 is 1.80 bits per heavy atom. The Hall–Kier alpha value is -0.790. The monoisotopic (exact) mass is 141 g/mol. The largest absolute Gasteiger partial charge is 0.366 e. The summed E-state index contributed by atoms with van der Waals surface area (Å²) < 4.78 is 0. The number of amides is 1. The van der Waals surface area contributed by atoms with E-state index in [1.807, 2.05) is 20.8 Å². The topological polar surface area (TPSA) is 43.1 Å². The van der Waals surface area contributed by atoms with Gasteiger partial charge in [0.05, 0.1) is 0 Å². The van der Waals surface area contributed by atoms with Gasteiger partial charge in [-0.1, -0.05) is 19.4 Å². The summed E-state index contributed by atoms with van der Waals surface area (Å²) >= 11 is 0. The van der Waals surface area contributed by atoms with Crippen molar-refractivity contribution < 1.29 is 4.79 Å². The predicted octanol–water partition coefficient (Wildman–Crippen LogP) is 1.61. The molecule has 0 bridgehead atoms. The van der Waals surface area contributed by atoms with E-state index in [0.29, 0.717) is 0 Å². The van der Waals surface area contributed by atoms with Gasteiger partial charge in [-0.15, -0.1) is 0 Å². The molecule has 10 heavy (non-hydrogen) atoms. The van der Waals surface area contributed by atoms with E-state index in [9.17, 15) is 4.79 Å². The van der Waals surface area contributed by atoms with Gasteiger partial charge >= 0.3 is 0 Å². The summed E-state index contributed by atoms with van der Waals surface area (Å²) in [5.41, 5.74) is 7.01. The molecule has 2 heteroatoms. The smallest absolute Gasteiger partial charge is 0.244 e. The maximum atomic E-state index is 10.7. The molecule has 0 rings (SSSR count). The van der Waals surface area contributed by atoms with E-state index < -0.39 is 0 Å². The van der Waals surface area contributed by atoms with E-state index in [0.717, 1.165) is 24.0 Å². The van der Waals surface area contributed by atoms with Crippen LogP contribution in [0, 0.1) is 0 Å². The average Bonchev–Trinajstić information content (AvgIpc) is 1.88. The van der Waals surface area contributed by atoms with Crippen LogP contribution >= 0.6 is 0 Å². The van der Waals surface area contributed by atoms with Crippen molar-refractivity contribution in [3.8, 4) is 0 Å². The quantitative estimate of drug-likeness (QED) is 0.596. The molecule has 2 N–H and O–H groups in total.